The first-order chi connectivity index (χ1) is 7.18. The van der Waals surface area contributed by atoms with Gasteiger partial charge in [-0.05, 0) is 13.8 Å². The molecule has 0 unspecified atom stereocenters. The van der Waals surface area contributed by atoms with Gasteiger partial charge >= 0.3 is 0 Å². The monoisotopic (exact) mass is 209 g/mol. The number of morpholine rings is 1. The fourth-order valence-corrected chi connectivity index (χ4v) is 2.01. The van der Waals surface area contributed by atoms with Gasteiger partial charge in [0, 0.05) is 32.0 Å². The van der Waals surface area contributed by atoms with E-state index in [1.807, 2.05) is 18.7 Å². The maximum atomic E-state index is 5.34. The maximum Gasteiger partial charge on any atom is 0.0951 e. The zero-order valence-electron chi connectivity index (χ0n) is 9.52. The van der Waals surface area contributed by atoms with Gasteiger partial charge in [0.1, 0.15) is 0 Å². The molecular formula is C11H19N3O. The number of imidazole rings is 1. The molecule has 1 aromatic heterocycles. The first kappa shape index (κ1) is 10.6. The van der Waals surface area contributed by atoms with Crippen LogP contribution in [0.4, 0.5) is 0 Å². The standard InChI is InChI=1S/C11H19N3O/c1-11(2,14-4-3-12-10-14)9-13-5-7-15-8-6-13/h3-4,10H,5-9H2,1-2H3. The molecule has 4 nitrogen and oxygen atoms in total. The molecule has 0 radical (unpaired) electrons. The highest BCUT2D eigenvalue weighted by Gasteiger charge is 2.24. The smallest absolute Gasteiger partial charge is 0.0951 e. The molecule has 0 atom stereocenters. The molecule has 4 heteroatoms. The van der Waals surface area contributed by atoms with E-state index in [2.05, 4.69) is 28.3 Å². The Labute approximate surface area is 90.9 Å². The van der Waals surface area contributed by atoms with E-state index in [1.54, 1.807) is 0 Å². The first-order valence-electron chi connectivity index (χ1n) is 5.47. The molecule has 1 aliphatic heterocycles. The third-order valence-corrected chi connectivity index (χ3v) is 2.92. The second kappa shape index (κ2) is 4.33. The minimum Gasteiger partial charge on any atom is -0.379 e. The Bertz CT molecular complexity index is 289. The number of ether oxygens (including phenoxy) is 1. The lowest BCUT2D eigenvalue weighted by Gasteiger charge is -2.35. The Balaban J connectivity index is 1.97. The molecule has 15 heavy (non-hydrogen) atoms. The van der Waals surface area contributed by atoms with E-state index in [0.29, 0.717) is 0 Å². The van der Waals surface area contributed by atoms with E-state index >= 15 is 0 Å². The third kappa shape index (κ3) is 2.58. The van der Waals surface area contributed by atoms with Crippen molar-refractivity contribution in [3.8, 4) is 0 Å². The lowest BCUT2D eigenvalue weighted by atomic mass is 10.0. The minimum atomic E-state index is 0.105. The summed E-state index contributed by atoms with van der Waals surface area (Å²) >= 11 is 0. The van der Waals surface area contributed by atoms with E-state index in [-0.39, 0.29) is 5.54 Å². The lowest BCUT2D eigenvalue weighted by molar-refractivity contribution is 0.0228. The van der Waals surface area contributed by atoms with Gasteiger partial charge in [0.05, 0.1) is 25.1 Å². The maximum absolute atomic E-state index is 5.34. The molecule has 1 aromatic rings. The van der Waals surface area contributed by atoms with Gasteiger partial charge < -0.3 is 9.30 Å². The second-order valence-electron chi connectivity index (χ2n) is 4.67. The molecule has 0 aromatic carbocycles. The van der Waals surface area contributed by atoms with Gasteiger partial charge in [0.25, 0.3) is 0 Å². The van der Waals surface area contributed by atoms with Gasteiger partial charge in [-0.2, -0.15) is 0 Å². The Kier molecular flexibility index (Phi) is 3.07. The number of aromatic nitrogens is 2. The van der Waals surface area contributed by atoms with Gasteiger partial charge in [0.15, 0.2) is 0 Å². The molecule has 0 N–H and O–H groups in total. The van der Waals surface area contributed by atoms with Crippen LogP contribution in [0.25, 0.3) is 0 Å². The van der Waals surface area contributed by atoms with Crippen LogP contribution < -0.4 is 0 Å². The van der Waals surface area contributed by atoms with Crippen LogP contribution in [0.2, 0.25) is 0 Å². The molecule has 1 saturated heterocycles. The largest absolute Gasteiger partial charge is 0.379 e. The van der Waals surface area contributed by atoms with E-state index in [0.717, 1.165) is 32.8 Å². The molecule has 0 aliphatic carbocycles. The summed E-state index contributed by atoms with van der Waals surface area (Å²) in [5.74, 6) is 0. The summed E-state index contributed by atoms with van der Waals surface area (Å²) in [5.41, 5.74) is 0.105. The predicted molar refractivity (Wildman–Crippen MR) is 58.8 cm³/mol. The number of hydrogen-bond donors (Lipinski definition) is 0. The van der Waals surface area contributed by atoms with E-state index in [4.69, 9.17) is 4.74 Å². The van der Waals surface area contributed by atoms with Crippen LogP contribution >= 0.6 is 0 Å². The van der Waals surface area contributed by atoms with Gasteiger partial charge in [-0.25, -0.2) is 4.98 Å². The van der Waals surface area contributed by atoms with Crippen molar-refractivity contribution in [2.75, 3.05) is 32.8 Å². The Morgan fingerprint density at radius 2 is 2.07 bits per heavy atom. The third-order valence-electron chi connectivity index (χ3n) is 2.92. The van der Waals surface area contributed by atoms with Gasteiger partial charge in [-0.15, -0.1) is 0 Å². The molecule has 0 saturated carbocycles. The van der Waals surface area contributed by atoms with Gasteiger partial charge in [-0.3, -0.25) is 4.90 Å². The van der Waals surface area contributed by atoms with Crippen molar-refractivity contribution in [3.05, 3.63) is 18.7 Å². The molecule has 0 amide bonds. The summed E-state index contributed by atoms with van der Waals surface area (Å²) in [4.78, 5) is 6.55. The van der Waals surface area contributed by atoms with Crippen molar-refractivity contribution >= 4 is 0 Å². The normalized spacial score (nSPS) is 19.3. The van der Waals surface area contributed by atoms with Crippen molar-refractivity contribution in [2.45, 2.75) is 19.4 Å². The quantitative estimate of drug-likeness (QED) is 0.742. The van der Waals surface area contributed by atoms with E-state index in [9.17, 15) is 0 Å². The highest BCUT2D eigenvalue weighted by atomic mass is 16.5. The Hall–Kier alpha value is -0.870. The fraction of sp³-hybridized carbons (Fsp3) is 0.727. The van der Waals surface area contributed by atoms with Crippen molar-refractivity contribution in [2.24, 2.45) is 0 Å². The van der Waals surface area contributed by atoms with E-state index in [1.165, 1.54) is 0 Å². The first-order valence-corrected chi connectivity index (χ1v) is 5.47. The molecule has 2 rings (SSSR count). The average Bonchev–Trinajstić information content (AvgIpc) is 2.71. The molecule has 2 heterocycles. The molecule has 1 fully saturated rings. The molecule has 1 aliphatic rings. The van der Waals surface area contributed by atoms with Gasteiger partial charge in [0.2, 0.25) is 0 Å². The van der Waals surface area contributed by atoms with Crippen LogP contribution in [-0.2, 0) is 10.3 Å². The van der Waals surface area contributed by atoms with Crippen LogP contribution in [0, 0.1) is 0 Å². The Morgan fingerprint density at radius 3 is 2.67 bits per heavy atom. The van der Waals surface area contributed by atoms with Crippen LogP contribution in [0.1, 0.15) is 13.8 Å². The van der Waals surface area contributed by atoms with Crippen molar-refractivity contribution < 1.29 is 4.74 Å². The molecule has 84 valence electrons. The van der Waals surface area contributed by atoms with Crippen molar-refractivity contribution in [1.29, 1.82) is 0 Å². The summed E-state index contributed by atoms with van der Waals surface area (Å²) in [6.45, 7) is 9.33. The lowest BCUT2D eigenvalue weighted by Crippen LogP contribution is -2.45. The Morgan fingerprint density at radius 1 is 1.33 bits per heavy atom. The average molecular weight is 209 g/mol. The molecular weight excluding hydrogens is 190 g/mol. The number of hydrogen-bond acceptors (Lipinski definition) is 3. The minimum absolute atomic E-state index is 0.105. The van der Waals surface area contributed by atoms with Crippen LogP contribution in [0.5, 0.6) is 0 Å². The van der Waals surface area contributed by atoms with E-state index < -0.39 is 0 Å². The molecule has 0 spiro atoms. The van der Waals surface area contributed by atoms with Crippen LogP contribution in [0.15, 0.2) is 18.7 Å². The molecule has 0 bridgehead atoms. The van der Waals surface area contributed by atoms with Crippen LogP contribution in [0.3, 0.4) is 0 Å². The second-order valence-corrected chi connectivity index (χ2v) is 4.67. The van der Waals surface area contributed by atoms with Crippen molar-refractivity contribution in [1.82, 2.24) is 14.5 Å². The summed E-state index contributed by atoms with van der Waals surface area (Å²) in [6, 6.07) is 0. The SMILES string of the molecule is CC(C)(CN1CCOCC1)n1ccnc1. The zero-order chi connectivity index (χ0) is 10.7. The summed E-state index contributed by atoms with van der Waals surface area (Å²) in [7, 11) is 0. The predicted octanol–water partition coefficient (Wildman–Crippen LogP) is 0.950. The zero-order valence-corrected chi connectivity index (χ0v) is 9.52. The summed E-state index contributed by atoms with van der Waals surface area (Å²) < 4.78 is 7.51. The topological polar surface area (TPSA) is 30.3 Å². The summed E-state index contributed by atoms with van der Waals surface area (Å²) in [5, 5.41) is 0. The number of nitrogens with zero attached hydrogens (tertiary/aromatic N) is 3. The fourth-order valence-electron chi connectivity index (χ4n) is 2.01. The number of rotatable bonds is 3. The highest BCUT2D eigenvalue weighted by Crippen LogP contribution is 2.16. The van der Waals surface area contributed by atoms with Gasteiger partial charge in [-0.1, -0.05) is 0 Å². The summed E-state index contributed by atoms with van der Waals surface area (Å²) in [6.07, 6.45) is 5.75. The van der Waals surface area contributed by atoms with Crippen LogP contribution in [-0.4, -0.2) is 47.3 Å². The van der Waals surface area contributed by atoms with Crippen molar-refractivity contribution in [3.63, 3.8) is 0 Å². The highest BCUT2D eigenvalue weighted by molar-refractivity contribution is 4.88.